The molecule has 1 aliphatic rings. The number of hydrogen-bond donors (Lipinski definition) is 2. The second-order valence-corrected chi connectivity index (χ2v) is 5.92. The highest BCUT2D eigenvalue weighted by atomic mass is 16.3. The predicted octanol–water partition coefficient (Wildman–Crippen LogP) is 1.42. The van der Waals surface area contributed by atoms with E-state index in [9.17, 15) is 14.4 Å². The molecule has 2 N–H and O–H groups in total. The molecule has 3 aromatic rings. The molecule has 1 aliphatic heterocycles. The van der Waals surface area contributed by atoms with E-state index < -0.39 is 17.9 Å². The molecule has 8 nitrogen and oxygen atoms in total. The molecule has 0 radical (unpaired) electrons. The molecule has 8 heteroatoms. The Morgan fingerprint density at radius 3 is 2.92 bits per heavy atom. The predicted molar refractivity (Wildman–Crippen MR) is 90.9 cm³/mol. The van der Waals surface area contributed by atoms with E-state index in [-0.39, 0.29) is 18.7 Å². The molecule has 0 aliphatic carbocycles. The summed E-state index contributed by atoms with van der Waals surface area (Å²) in [4.78, 5) is 43.8. The molecule has 1 unspecified atom stereocenters. The number of nitrogens with one attached hydrogen (secondary N) is 2. The molecular weight excluding hydrogens is 336 g/mol. The summed E-state index contributed by atoms with van der Waals surface area (Å²) < 4.78 is 5.72. The Balaban J connectivity index is 1.56. The molecule has 1 saturated heterocycles. The Morgan fingerprint density at radius 2 is 2.15 bits per heavy atom. The lowest BCUT2D eigenvalue weighted by Crippen LogP contribution is -2.52. The molecular formula is C18H14N4O4. The largest absolute Gasteiger partial charge is 0.436 e. The third-order valence-corrected chi connectivity index (χ3v) is 4.10. The van der Waals surface area contributed by atoms with Crippen LogP contribution in [0.25, 0.3) is 22.6 Å². The van der Waals surface area contributed by atoms with Gasteiger partial charge in [0, 0.05) is 24.4 Å². The Labute approximate surface area is 147 Å². The van der Waals surface area contributed by atoms with Crippen LogP contribution in [0.4, 0.5) is 0 Å². The number of imide groups is 1. The fraction of sp³-hybridized carbons (Fsp3) is 0.167. The van der Waals surface area contributed by atoms with Crippen LogP contribution in [-0.2, 0) is 9.59 Å². The minimum absolute atomic E-state index is 0.201. The minimum atomic E-state index is -0.725. The zero-order valence-electron chi connectivity index (χ0n) is 13.6. The maximum Gasteiger partial charge on any atom is 0.252 e. The first kappa shape index (κ1) is 15.9. The molecule has 2 aromatic heterocycles. The van der Waals surface area contributed by atoms with E-state index in [0.29, 0.717) is 22.6 Å². The smallest absolute Gasteiger partial charge is 0.252 e. The molecule has 1 aromatic carbocycles. The first-order chi connectivity index (χ1) is 12.6. The SMILES string of the molecule is O=C1CCC(NC(=O)c2ccc3nc(-c4cccnc4)oc3c2)C(=O)N1. The number of hydrogen-bond acceptors (Lipinski definition) is 6. The summed E-state index contributed by atoms with van der Waals surface area (Å²) >= 11 is 0. The van der Waals surface area contributed by atoms with Crippen LogP contribution in [0.5, 0.6) is 0 Å². The van der Waals surface area contributed by atoms with Crippen LogP contribution in [0, 0.1) is 0 Å². The Hall–Kier alpha value is -3.55. The van der Waals surface area contributed by atoms with E-state index in [1.807, 2.05) is 6.07 Å². The van der Waals surface area contributed by atoms with Gasteiger partial charge in [-0.15, -0.1) is 0 Å². The highest BCUT2D eigenvalue weighted by molar-refractivity contribution is 6.04. The van der Waals surface area contributed by atoms with E-state index >= 15 is 0 Å². The summed E-state index contributed by atoms with van der Waals surface area (Å²) in [6.07, 6.45) is 3.78. The Kier molecular flexibility index (Phi) is 3.92. The fourth-order valence-electron chi connectivity index (χ4n) is 2.75. The van der Waals surface area contributed by atoms with Gasteiger partial charge in [-0.3, -0.25) is 24.7 Å². The lowest BCUT2D eigenvalue weighted by Gasteiger charge is -2.21. The van der Waals surface area contributed by atoms with E-state index in [1.165, 1.54) is 0 Å². The Morgan fingerprint density at radius 1 is 1.27 bits per heavy atom. The normalized spacial score (nSPS) is 17.2. The van der Waals surface area contributed by atoms with Gasteiger partial charge < -0.3 is 9.73 Å². The standard InChI is InChI=1S/C18H14N4O4/c23-15-6-5-13(17(25)22-15)20-16(24)10-3-4-12-14(8-10)26-18(21-12)11-2-1-7-19-9-11/h1-4,7-9,13H,5-6H2,(H,20,24)(H,22,23,25). The minimum Gasteiger partial charge on any atom is -0.436 e. The van der Waals surface area contributed by atoms with Gasteiger partial charge in [0.05, 0.1) is 5.56 Å². The number of oxazole rings is 1. The Bertz CT molecular complexity index is 1010. The number of amides is 3. The summed E-state index contributed by atoms with van der Waals surface area (Å²) in [5.74, 6) is -0.822. The van der Waals surface area contributed by atoms with Gasteiger partial charge in [0.2, 0.25) is 17.7 Å². The maximum absolute atomic E-state index is 12.4. The number of nitrogens with zero attached hydrogens (tertiary/aromatic N) is 2. The zero-order valence-corrected chi connectivity index (χ0v) is 13.6. The molecule has 26 heavy (non-hydrogen) atoms. The fourth-order valence-corrected chi connectivity index (χ4v) is 2.75. The van der Waals surface area contributed by atoms with Gasteiger partial charge in [-0.25, -0.2) is 4.98 Å². The van der Waals surface area contributed by atoms with Crippen molar-refractivity contribution in [1.29, 1.82) is 0 Å². The lowest BCUT2D eigenvalue weighted by molar-refractivity contribution is -0.134. The van der Waals surface area contributed by atoms with Crippen molar-refractivity contribution in [3.05, 3.63) is 48.3 Å². The highest BCUT2D eigenvalue weighted by Crippen LogP contribution is 2.24. The van der Waals surface area contributed by atoms with E-state index in [2.05, 4.69) is 20.6 Å². The second kappa shape index (κ2) is 6.40. The maximum atomic E-state index is 12.4. The average molecular weight is 350 g/mol. The van der Waals surface area contributed by atoms with E-state index in [1.54, 1.807) is 36.7 Å². The third kappa shape index (κ3) is 3.04. The number of aromatic nitrogens is 2. The van der Waals surface area contributed by atoms with Gasteiger partial charge in [-0.1, -0.05) is 0 Å². The van der Waals surface area contributed by atoms with Crippen LogP contribution in [0.3, 0.4) is 0 Å². The molecule has 0 saturated carbocycles. The number of piperidine rings is 1. The van der Waals surface area contributed by atoms with Crippen molar-refractivity contribution in [1.82, 2.24) is 20.6 Å². The van der Waals surface area contributed by atoms with E-state index in [0.717, 1.165) is 5.56 Å². The number of carbonyl (C=O) groups is 3. The van der Waals surface area contributed by atoms with Gasteiger partial charge in [-0.05, 0) is 36.8 Å². The van der Waals surface area contributed by atoms with Crippen molar-refractivity contribution < 1.29 is 18.8 Å². The average Bonchev–Trinajstić information content (AvgIpc) is 3.08. The lowest BCUT2D eigenvalue weighted by atomic mass is 10.1. The third-order valence-electron chi connectivity index (χ3n) is 4.10. The van der Waals surface area contributed by atoms with Gasteiger partial charge in [0.1, 0.15) is 11.6 Å². The van der Waals surface area contributed by atoms with Crippen molar-refractivity contribution >= 4 is 28.8 Å². The first-order valence-electron chi connectivity index (χ1n) is 8.06. The van der Waals surface area contributed by atoms with Crippen molar-refractivity contribution in [2.75, 3.05) is 0 Å². The van der Waals surface area contributed by atoms with Crippen LogP contribution in [-0.4, -0.2) is 33.7 Å². The number of rotatable bonds is 3. The molecule has 1 fully saturated rings. The highest BCUT2D eigenvalue weighted by Gasteiger charge is 2.28. The molecule has 3 amide bonds. The van der Waals surface area contributed by atoms with Crippen LogP contribution >= 0.6 is 0 Å². The summed E-state index contributed by atoms with van der Waals surface area (Å²) in [5.41, 5.74) is 2.15. The van der Waals surface area contributed by atoms with Crippen LogP contribution < -0.4 is 10.6 Å². The van der Waals surface area contributed by atoms with Gasteiger partial charge in [0.25, 0.3) is 5.91 Å². The molecule has 0 spiro atoms. The van der Waals surface area contributed by atoms with Crippen LogP contribution in [0.2, 0.25) is 0 Å². The van der Waals surface area contributed by atoms with E-state index in [4.69, 9.17) is 4.42 Å². The van der Waals surface area contributed by atoms with Crippen molar-refractivity contribution in [3.63, 3.8) is 0 Å². The van der Waals surface area contributed by atoms with Crippen LogP contribution in [0.15, 0.2) is 47.1 Å². The quantitative estimate of drug-likeness (QED) is 0.691. The van der Waals surface area contributed by atoms with Crippen molar-refractivity contribution in [2.24, 2.45) is 0 Å². The van der Waals surface area contributed by atoms with Crippen molar-refractivity contribution in [2.45, 2.75) is 18.9 Å². The summed E-state index contributed by atoms with van der Waals surface area (Å²) in [6.45, 7) is 0. The zero-order chi connectivity index (χ0) is 18.1. The number of fused-ring (bicyclic) bond motifs is 1. The van der Waals surface area contributed by atoms with Crippen molar-refractivity contribution in [3.8, 4) is 11.5 Å². The number of carbonyl (C=O) groups excluding carboxylic acids is 3. The van der Waals surface area contributed by atoms with Crippen LogP contribution in [0.1, 0.15) is 23.2 Å². The summed E-state index contributed by atoms with van der Waals surface area (Å²) in [7, 11) is 0. The first-order valence-corrected chi connectivity index (χ1v) is 8.06. The monoisotopic (exact) mass is 350 g/mol. The molecule has 130 valence electrons. The molecule has 4 rings (SSSR count). The van der Waals surface area contributed by atoms with Gasteiger partial charge in [0.15, 0.2) is 5.58 Å². The summed E-state index contributed by atoms with van der Waals surface area (Å²) in [5, 5.41) is 4.84. The topological polar surface area (TPSA) is 114 Å². The molecule has 1 atom stereocenters. The number of benzene rings is 1. The number of pyridine rings is 1. The van der Waals surface area contributed by atoms with Gasteiger partial charge >= 0.3 is 0 Å². The van der Waals surface area contributed by atoms with Gasteiger partial charge in [-0.2, -0.15) is 0 Å². The molecule has 3 heterocycles. The second-order valence-electron chi connectivity index (χ2n) is 5.92. The molecule has 0 bridgehead atoms. The summed E-state index contributed by atoms with van der Waals surface area (Å²) in [6, 6.07) is 7.74.